The molecule has 0 saturated carbocycles. The van der Waals surface area contributed by atoms with Crippen molar-refractivity contribution in [2.75, 3.05) is 0 Å². The van der Waals surface area contributed by atoms with Crippen LogP contribution in [0.4, 0.5) is 0 Å². The zero-order chi connectivity index (χ0) is 9.97. The van der Waals surface area contributed by atoms with Crippen molar-refractivity contribution in [3.8, 4) is 0 Å². The number of halogens is 1. The molecule has 14 heavy (non-hydrogen) atoms. The SMILES string of the molecule is Cc1c(CCl)cccc1C1OC=CO1. The fourth-order valence-corrected chi connectivity index (χ4v) is 1.78. The zero-order valence-corrected chi connectivity index (χ0v) is 8.62. The van der Waals surface area contributed by atoms with Gasteiger partial charge in [-0.3, -0.25) is 0 Å². The first-order valence-electron chi connectivity index (χ1n) is 4.43. The summed E-state index contributed by atoms with van der Waals surface area (Å²) < 4.78 is 10.5. The van der Waals surface area contributed by atoms with E-state index in [2.05, 4.69) is 0 Å². The predicted octanol–water partition coefficient (Wildman–Crippen LogP) is 3.25. The maximum absolute atomic E-state index is 5.81. The fraction of sp³-hybridized carbons (Fsp3) is 0.273. The molecule has 0 atom stereocenters. The minimum Gasteiger partial charge on any atom is -0.455 e. The van der Waals surface area contributed by atoms with Gasteiger partial charge in [0.05, 0.1) is 0 Å². The molecule has 0 saturated heterocycles. The third-order valence-corrected chi connectivity index (χ3v) is 2.63. The van der Waals surface area contributed by atoms with Gasteiger partial charge in [0.25, 0.3) is 6.29 Å². The molecule has 1 heterocycles. The number of rotatable bonds is 2. The van der Waals surface area contributed by atoms with Crippen molar-refractivity contribution in [2.24, 2.45) is 0 Å². The lowest BCUT2D eigenvalue weighted by Crippen LogP contribution is -2.02. The molecule has 1 aliphatic rings. The van der Waals surface area contributed by atoms with Crippen LogP contribution in [0.15, 0.2) is 30.7 Å². The Bertz CT molecular complexity index is 352. The summed E-state index contributed by atoms with van der Waals surface area (Å²) >= 11 is 5.81. The first kappa shape index (κ1) is 9.41. The molecule has 0 radical (unpaired) electrons. The molecule has 0 bridgehead atoms. The Labute approximate surface area is 88.1 Å². The molecule has 0 fully saturated rings. The average molecular weight is 211 g/mol. The molecular weight excluding hydrogens is 200 g/mol. The van der Waals surface area contributed by atoms with Gasteiger partial charge in [-0.25, -0.2) is 0 Å². The van der Waals surface area contributed by atoms with E-state index in [1.165, 1.54) is 0 Å². The quantitative estimate of drug-likeness (QED) is 0.698. The Morgan fingerprint density at radius 2 is 2.00 bits per heavy atom. The van der Waals surface area contributed by atoms with E-state index in [1.807, 2.05) is 25.1 Å². The fourth-order valence-electron chi connectivity index (χ4n) is 1.49. The van der Waals surface area contributed by atoms with Crippen LogP contribution in [-0.4, -0.2) is 0 Å². The molecular formula is C11H11ClO2. The molecule has 0 N–H and O–H groups in total. The van der Waals surface area contributed by atoms with Crippen LogP contribution in [0, 0.1) is 6.92 Å². The maximum Gasteiger partial charge on any atom is 0.266 e. The van der Waals surface area contributed by atoms with Gasteiger partial charge in [0.2, 0.25) is 0 Å². The summed E-state index contributed by atoms with van der Waals surface area (Å²) in [6.45, 7) is 2.03. The van der Waals surface area contributed by atoms with Crippen molar-refractivity contribution >= 4 is 11.6 Å². The molecule has 1 aliphatic heterocycles. The van der Waals surface area contributed by atoms with Crippen LogP contribution < -0.4 is 0 Å². The van der Waals surface area contributed by atoms with Crippen LogP contribution in [0.3, 0.4) is 0 Å². The maximum atomic E-state index is 5.81. The normalized spacial score (nSPS) is 15.3. The van der Waals surface area contributed by atoms with E-state index in [9.17, 15) is 0 Å². The Balaban J connectivity index is 2.33. The second-order valence-electron chi connectivity index (χ2n) is 3.14. The van der Waals surface area contributed by atoms with Gasteiger partial charge in [0.15, 0.2) is 0 Å². The number of hydrogen-bond donors (Lipinski definition) is 0. The van der Waals surface area contributed by atoms with Crippen molar-refractivity contribution in [2.45, 2.75) is 19.1 Å². The van der Waals surface area contributed by atoms with E-state index in [0.29, 0.717) is 5.88 Å². The van der Waals surface area contributed by atoms with E-state index < -0.39 is 0 Å². The van der Waals surface area contributed by atoms with Crippen LogP contribution in [0.25, 0.3) is 0 Å². The molecule has 0 unspecified atom stereocenters. The highest BCUT2D eigenvalue weighted by Crippen LogP contribution is 2.28. The van der Waals surface area contributed by atoms with Gasteiger partial charge in [0.1, 0.15) is 12.5 Å². The van der Waals surface area contributed by atoms with Crippen molar-refractivity contribution in [3.05, 3.63) is 47.4 Å². The highest BCUT2D eigenvalue weighted by molar-refractivity contribution is 6.17. The Hall–Kier alpha value is -1.15. The highest BCUT2D eigenvalue weighted by Gasteiger charge is 2.18. The van der Waals surface area contributed by atoms with E-state index in [0.717, 1.165) is 16.7 Å². The van der Waals surface area contributed by atoms with Crippen molar-refractivity contribution in [3.63, 3.8) is 0 Å². The number of alkyl halides is 1. The molecule has 0 amide bonds. The average Bonchev–Trinajstić information content (AvgIpc) is 2.71. The number of hydrogen-bond acceptors (Lipinski definition) is 2. The number of ether oxygens (including phenoxy) is 2. The van der Waals surface area contributed by atoms with Crippen molar-refractivity contribution in [1.82, 2.24) is 0 Å². The van der Waals surface area contributed by atoms with E-state index in [1.54, 1.807) is 12.5 Å². The van der Waals surface area contributed by atoms with Crippen molar-refractivity contribution < 1.29 is 9.47 Å². The predicted molar refractivity (Wildman–Crippen MR) is 54.8 cm³/mol. The second kappa shape index (κ2) is 3.93. The van der Waals surface area contributed by atoms with Crippen LogP contribution in [0.1, 0.15) is 23.0 Å². The third kappa shape index (κ3) is 1.58. The van der Waals surface area contributed by atoms with Crippen LogP contribution in [-0.2, 0) is 15.4 Å². The van der Waals surface area contributed by atoms with Crippen LogP contribution in [0.5, 0.6) is 0 Å². The first-order chi connectivity index (χ1) is 6.83. The van der Waals surface area contributed by atoms with Gasteiger partial charge in [-0.1, -0.05) is 18.2 Å². The largest absolute Gasteiger partial charge is 0.455 e. The van der Waals surface area contributed by atoms with Gasteiger partial charge in [0, 0.05) is 11.4 Å². The third-order valence-electron chi connectivity index (χ3n) is 2.35. The summed E-state index contributed by atoms with van der Waals surface area (Å²) in [7, 11) is 0. The van der Waals surface area contributed by atoms with Gasteiger partial charge in [-0.2, -0.15) is 0 Å². The topological polar surface area (TPSA) is 18.5 Å². The molecule has 0 spiro atoms. The molecule has 1 aromatic rings. The van der Waals surface area contributed by atoms with E-state index in [-0.39, 0.29) is 6.29 Å². The smallest absolute Gasteiger partial charge is 0.266 e. The van der Waals surface area contributed by atoms with Gasteiger partial charge in [-0.15, -0.1) is 11.6 Å². The molecule has 74 valence electrons. The van der Waals surface area contributed by atoms with Crippen molar-refractivity contribution in [1.29, 1.82) is 0 Å². The lowest BCUT2D eigenvalue weighted by molar-refractivity contribution is -0.0250. The zero-order valence-electron chi connectivity index (χ0n) is 7.87. The monoisotopic (exact) mass is 210 g/mol. The summed E-state index contributed by atoms with van der Waals surface area (Å²) in [6.07, 6.45) is 2.80. The van der Waals surface area contributed by atoms with Gasteiger partial charge in [-0.05, 0) is 18.1 Å². The molecule has 1 aromatic carbocycles. The Morgan fingerprint density at radius 3 is 2.64 bits per heavy atom. The van der Waals surface area contributed by atoms with Gasteiger partial charge >= 0.3 is 0 Å². The standard InChI is InChI=1S/C11H11ClO2/c1-8-9(7-12)3-2-4-10(8)11-13-5-6-14-11/h2-6,11H,7H2,1H3. The molecule has 0 aliphatic carbocycles. The molecule has 2 rings (SSSR count). The summed E-state index contributed by atoms with van der Waals surface area (Å²) in [4.78, 5) is 0. The lowest BCUT2D eigenvalue weighted by Gasteiger charge is -2.14. The second-order valence-corrected chi connectivity index (χ2v) is 3.41. The summed E-state index contributed by atoms with van der Waals surface area (Å²) in [6, 6.07) is 5.96. The minimum absolute atomic E-state index is 0.307. The van der Waals surface area contributed by atoms with E-state index >= 15 is 0 Å². The molecule has 2 nitrogen and oxygen atoms in total. The highest BCUT2D eigenvalue weighted by atomic mass is 35.5. The lowest BCUT2D eigenvalue weighted by atomic mass is 10.0. The summed E-state index contributed by atoms with van der Waals surface area (Å²) in [5.41, 5.74) is 3.28. The molecule has 0 aromatic heterocycles. The summed E-state index contributed by atoms with van der Waals surface area (Å²) in [5, 5.41) is 0. The first-order valence-corrected chi connectivity index (χ1v) is 4.96. The Kier molecular flexibility index (Phi) is 2.64. The Morgan fingerprint density at radius 1 is 1.29 bits per heavy atom. The van der Waals surface area contributed by atoms with Gasteiger partial charge < -0.3 is 9.47 Å². The van der Waals surface area contributed by atoms with Crippen LogP contribution in [0.2, 0.25) is 0 Å². The number of benzene rings is 1. The molecule has 3 heteroatoms. The van der Waals surface area contributed by atoms with Crippen LogP contribution >= 0.6 is 11.6 Å². The minimum atomic E-state index is -0.307. The van der Waals surface area contributed by atoms with E-state index in [4.69, 9.17) is 21.1 Å². The summed E-state index contributed by atoms with van der Waals surface area (Å²) in [5.74, 6) is 0.514.